The molecule has 1 heterocycles. The molecule has 6 nitrogen and oxygen atoms in total. The average molecular weight is 427 g/mol. The zero-order valence-electron chi connectivity index (χ0n) is 14.8. The Labute approximate surface area is 165 Å². The van der Waals surface area contributed by atoms with E-state index in [4.69, 9.17) is 17.3 Å². The minimum Gasteiger partial charge on any atom is -0.382 e. The van der Waals surface area contributed by atoms with E-state index in [2.05, 4.69) is 14.9 Å². The number of nitrogens with one attached hydrogen (secondary N) is 2. The van der Waals surface area contributed by atoms with Gasteiger partial charge in [0, 0.05) is 24.4 Å². The third kappa shape index (κ3) is 3.23. The highest BCUT2D eigenvalue weighted by Crippen LogP contribution is 2.39. The minimum atomic E-state index is -3.89. The van der Waals surface area contributed by atoms with Crippen LogP contribution in [0.1, 0.15) is 18.4 Å². The Bertz CT molecular complexity index is 1190. The second-order valence-corrected chi connectivity index (χ2v) is 9.11. The van der Waals surface area contributed by atoms with Gasteiger partial charge in [-0.1, -0.05) is 23.7 Å². The molecule has 148 valence electrons. The second-order valence-electron chi connectivity index (χ2n) is 7.02. The van der Waals surface area contributed by atoms with Crippen LogP contribution in [-0.2, 0) is 10.0 Å². The highest BCUT2D eigenvalue weighted by atomic mass is 35.5. The number of halogens is 3. The van der Waals surface area contributed by atoms with Crippen LogP contribution in [0, 0.1) is 6.92 Å². The molecule has 0 spiro atoms. The van der Waals surface area contributed by atoms with Crippen molar-refractivity contribution in [2.24, 2.45) is 0 Å². The predicted molar refractivity (Wildman–Crippen MR) is 104 cm³/mol. The van der Waals surface area contributed by atoms with Crippen LogP contribution in [0.2, 0.25) is 5.02 Å². The number of fused-ring (bicyclic) bond motifs is 1. The number of alkyl halides is 2. The van der Waals surface area contributed by atoms with Crippen molar-refractivity contribution >= 4 is 38.3 Å². The smallest absolute Gasteiger partial charge is 0.251 e. The fourth-order valence-electron chi connectivity index (χ4n) is 3.44. The molecule has 1 saturated carbocycles. The van der Waals surface area contributed by atoms with Gasteiger partial charge in [0.2, 0.25) is 10.0 Å². The van der Waals surface area contributed by atoms with Crippen molar-refractivity contribution in [1.82, 2.24) is 14.9 Å². The van der Waals surface area contributed by atoms with E-state index in [0.717, 1.165) is 5.56 Å². The average Bonchev–Trinajstić information content (AvgIpc) is 2.95. The van der Waals surface area contributed by atoms with Crippen LogP contribution in [0.5, 0.6) is 0 Å². The van der Waals surface area contributed by atoms with E-state index in [-0.39, 0.29) is 10.7 Å². The first kappa shape index (κ1) is 19.1. The fraction of sp³-hybridized carbons (Fsp3) is 0.278. The summed E-state index contributed by atoms with van der Waals surface area (Å²) in [6.07, 6.45) is -0.962. The Kier molecular flexibility index (Phi) is 4.36. The molecule has 0 atom stereocenters. The van der Waals surface area contributed by atoms with Crippen LogP contribution in [0.25, 0.3) is 22.0 Å². The summed E-state index contributed by atoms with van der Waals surface area (Å²) in [6.45, 7) is 1.76. The van der Waals surface area contributed by atoms with E-state index in [0.29, 0.717) is 27.1 Å². The number of rotatable bonds is 4. The molecule has 4 rings (SSSR count). The van der Waals surface area contributed by atoms with Gasteiger partial charge in [0.1, 0.15) is 0 Å². The number of aromatic nitrogens is 2. The fourth-order valence-corrected chi connectivity index (χ4v) is 5.13. The lowest BCUT2D eigenvalue weighted by Crippen LogP contribution is -2.50. The van der Waals surface area contributed by atoms with Crippen molar-refractivity contribution in [1.29, 1.82) is 0 Å². The largest absolute Gasteiger partial charge is 0.382 e. The first-order valence-electron chi connectivity index (χ1n) is 8.51. The number of nitrogens with two attached hydrogens (primary N) is 1. The summed E-state index contributed by atoms with van der Waals surface area (Å²) in [5, 5.41) is 7.74. The molecule has 0 radical (unpaired) electrons. The molecule has 0 bridgehead atoms. The van der Waals surface area contributed by atoms with Crippen LogP contribution in [0.4, 0.5) is 14.6 Å². The standard InChI is InChI=1S/C18H17ClF2N4O2S/c1-9-6-11(28(26,27)25-10-7-18(20,21)8-10)2-3-12(9)13-4-5-14-15(16(13)19)17(22)24-23-14/h2-6,10,25H,7-8H2,1H3,(H3,22,23,24). The van der Waals surface area contributed by atoms with Crippen molar-refractivity contribution in [2.45, 2.75) is 36.6 Å². The van der Waals surface area contributed by atoms with Crippen LogP contribution >= 0.6 is 11.6 Å². The van der Waals surface area contributed by atoms with Gasteiger partial charge in [0.05, 0.1) is 20.8 Å². The highest BCUT2D eigenvalue weighted by molar-refractivity contribution is 7.89. The summed E-state index contributed by atoms with van der Waals surface area (Å²) in [5.41, 5.74) is 8.66. The van der Waals surface area contributed by atoms with Gasteiger partial charge < -0.3 is 5.73 Å². The maximum absolute atomic E-state index is 13.0. The molecule has 10 heteroatoms. The van der Waals surface area contributed by atoms with Crippen LogP contribution < -0.4 is 10.5 Å². The molecule has 28 heavy (non-hydrogen) atoms. The van der Waals surface area contributed by atoms with E-state index in [1.807, 2.05) is 0 Å². The summed E-state index contributed by atoms with van der Waals surface area (Å²) >= 11 is 6.50. The van der Waals surface area contributed by atoms with Gasteiger partial charge in [0.25, 0.3) is 5.92 Å². The van der Waals surface area contributed by atoms with Gasteiger partial charge in [0.15, 0.2) is 5.82 Å². The SMILES string of the molecule is Cc1cc(S(=O)(=O)NC2CC(F)(F)C2)ccc1-c1ccc2[nH]nc(N)c2c1Cl. The normalized spacial score (nSPS) is 17.0. The number of anilines is 1. The topological polar surface area (TPSA) is 101 Å². The number of sulfonamides is 1. The molecular weight excluding hydrogens is 410 g/mol. The van der Waals surface area contributed by atoms with Gasteiger partial charge in [-0.3, -0.25) is 5.10 Å². The van der Waals surface area contributed by atoms with E-state index < -0.39 is 34.8 Å². The van der Waals surface area contributed by atoms with Crippen molar-refractivity contribution in [3.63, 3.8) is 0 Å². The maximum Gasteiger partial charge on any atom is 0.251 e. The minimum absolute atomic E-state index is 0.0176. The Morgan fingerprint density at radius 3 is 2.57 bits per heavy atom. The lowest BCUT2D eigenvalue weighted by molar-refractivity contribution is -0.0876. The molecule has 1 aliphatic carbocycles. The molecule has 4 N–H and O–H groups in total. The quantitative estimate of drug-likeness (QED) is 0.589. The zero-order valence-corrected chi connectivity index (χ0v) is 16.3. The van der Waals surface area contributed by atoms with Gasteiger partial charge in [-0.05, 0) is 36.2 Å². The number of hydrogen-bond acceptors (Lipinski definition) is 4. The van der Waals surface area contributed by atoms with Crippen LogP contribution in [0.3, 0.4) is 0 Å². The summed E-state index contributed by atoms with van der Waals surface area (Å²) in [7, 11) is -3.89. The Hall–Kier alpha value is -2.23. The lowest BCUT2D eigenvalue weighted by Gasteiger charge is -2.35. The number of aromatic amines is 1. The number of nitrogens with zero attached hydrogens (tertiary/aromatic N) is 1. The van der Waals surface area contributed by atoms with E-state index in [1.165, 1.54) is 12.1 Å². The van der Waals surface area contributed by atoms with Gasteiger partial charge in [-0.25, -0.2) is 21.9 Å². The Morgan fingerprint density at radius 1 is 1.25 bits per heavy atom. The molecular formula is C18H17ClF2N4O2S. The summed E-state index contributed by atoms with van der Waals surface area (Å²) in [5.74, 6) is -2.52. The molecule has 1 aromatic heterocycles. The van der Waals surface area contributed by atoms with Crippen molar-refractivity contribution < 1.29 is 17.2 Å². The first-order chi connectivity index (χ1) is 13.1. The number of hydrogen-bond donors (Lipinski definition) is 3. The van der Waals surface area contributed by atoms with Crippen molar-refractivity contribution in [2.75, 3.05) is 5.73 Å². The van der Waals surface area contributed by atoms with Crippen molar-refractivity contribution in [3.8, 4) is 11.1 Å². The molecule has 0 unspecified atom stereocenters. The molecule has 0 aliphatic heterocycles. The summed E-state index contributed by atoms with van der Waals surface area (Å²) in [4.78, 5) is 0.0176. The molecule has 3 aromatic rings. The number of nitrogen functional groups attached to an aromatic ring is 1. The van der Waals surface area contributed by atoms with Crippen molar-refractivity contribution in [3.05, 3.63) is 40.9 Å². The Morgan fingerprint density at radius 2 is 1.93 bits per heavy atom. The van der Waals surface area contributed by atoms with Gasteiger partial charge in [-0.2, -0.15) is 5.10 Å². The van der Waals surface area contributed by atoms with Crippen LogP contribution in [-0.4, -0.2) is 30.6 Å². The monoisotopic (exact) mass is 426 g/mol. The number of H-pyrrole nitrogens is 1. The number of aryl methyl sites for hydroxylation is 1. The molecule has 0 saturated heterocycles. The lowest BCUT2D eigenvalue weighted by atomic mass is 9.89. The third-order valence-electron chi connectivity index (χ3n) is 4.91. The van der Waals surface area contributed by atoms with Crippen LogP contribution in [0.15, 0.2) is 35.2 Å². The first-order valence-corrected chi connectivity index (χ1v) is 10.4. The summed E-state index contributed by atoms with van der Waals surface area (Å²) in [6, 6.07) is 7.41. The van der Waals surface area contributed by atoms with E-state index >= 15 is 0 Å². The number of benzene rings is 2. The zero-order chi connectivity index (χ0) is 20.3. The van der Waals surface area contributed by atoms with E-state index in [1.54, 1.807) is 25.1 Å². The van der Waals surface area contributed by atoms with Gasteiger partial charge >= 0.3 is 0 Å². The maximum atomic E-state index is 13.0. The molecule has 1 aliphatic rings. The van der Waals surface area contributed by atoms with E-state index in [9.17, 15) is 17.2 Å². The molecule has 0 amide bonds. The highest BCUT2D eigenvalue weighted by Gasteiger charge is 2.46. The second kappa shape index (κ2) is 6.40. The molecule has 2 aromatic carbocycles. The predicted octanol–water partition coefficient (Wildman–Crippen LogP) is 3.85. The van der Waals surface area contributed by atoms with Gasteiger partial charge in [-0.15, -0.1) is 0 Å². The molecule has 1 fully saturated rings. The summed E-state index contributed by atoms with van der Waals surface area (Å²) < 4.78 is 53.2. The third-order valence-corrected chi connectivity index (χ3v) is 6.82. The Balaban J connectivity index is 1.67.